The van der Waals surface area contributed by atoms with E-state index in [9.17, 15) is 9.59 Å². The SMILES string of the molecule is O=C(NCc1ccccc1)Nc1ccc(N2CCc3ccccc3C2)c(C(=O)NCCc2ccccc2)c1. The van der Waals surface area contributed by atoms with Crippen molar-refractivity contribution in [2.45, 2.75) is 25.9 Å². The predicted molar refractivity (Wildman–Crippen MR) is 152 cm³/mol. The van der Waals surface area contributed by atoms with Gasteiger partial charge < -0.3 is 20.9 Å². The van der Waals surface area contributed by atoms with Gasteiger partial charge in [0, 0.05) is 37.6 Å². The van der Waals surface area contributed by atoms with Crippen LogP contribution < -0.4 is 20.9 Å². The monoisotopic (exact) mass is 504 g/mol. The van der Waals surface area contributed by atoms with Crippen LogP contribution in [0.15, 0.2) is 103 Å². The summed E-state index contributed by atoms with van der Waals surface area (Å²) in [6.07, 6.45) is 1.67. The molecule has 4 aromatic carbocycles. The molecule has 6 nitrogen and oxygen atoms in total. The van der Waals surface area contributed by atoms with Crippen LogP contribution in [0, 0.1) is 0 Å². The van der Waals surface area contributed by atoms with Crippen molar-refractivity contribution in [2.75, 3.05) is 23.3 Å². The molecule has 0 atom stereocenters. The second-order valence-electron chi connectivity index (χ2n) is 9.46. The van der Waals surface area contributed by atoms with E-state index in [1.54, 1.807) is 6.07 Å². The van der Waals surface area contributed by atoms with Crippen LogP contribution >= 0.6 is 0 Å². The van der Waals surface area contributed by atoms with Gasteiger partial charge in [0.25, 0.3) is 5.91 Å². The molecule has 6 heteroatoms. The first-order chi connectivity index (χ1) is 18.7. The van der Waals surface area contributed by atoms with E-state index in [1.165, 1.54) is 16.7 Å². The van der Waals surface area contributed by atoms with Crippen molar-refractivity contribution in [3.63, 3.8) is 0 Å². The van der Waals surface area contributed by atoms with Gasteiger partial charge in [0.1, 0.15) is 0 Å². The molecule has 0 aromatic heterocycles. The second-order valence-corrected chi connectivity index (χ2v) is 9.46. The molecule has 1 aliphatic heterocycles. The Morgan fingerprint density at radius 2 is 1.42 bits per heavy atom. The normalized spacial score (nSPS) is 12.4. The minimum atomic E-state index is -0.316. The van der Waals surface area contributed by atoms with Crippen LogP contribution in [0.1, 0.15) is 32.6 Å². The van der Waals surface area contributed by atoms with Crippen LogP contribution in [0.5, 0.6) is 0 Å². The van der Waals surface area contributed by atoms with Gasteiger partial charge in [-0.15, -0.1) is 0 Å². The number of amides is 3. The molecule has 0 unspecified atom stereocenters. The maximum atomic E-state index is 13.4. The van der Waals surface area contributed by atoms with Gasteiger partial charge in [0.15, 0.2) is 0 Å². The van der Waals surface area contributed by atoms with Gasteiger partial charge in [-0.1, -0.05) is 84.9 Å². The maximum Gasteiger partial charge on any atom is 0.319 e. The number of carbonyl (C=O) groups excluding carboxylic acids is 2. The van der Waals surface area contributed by atoms with Gasteiger partial charge >= 0.3 is 6.03 Å². The smallest absolute Gasteiger partial charge is 0.319 e. The van der Waals surface area contributed by atoms with Crippen LogP contribution in [0.3, 0.4) is 0 Å². The quantitative estimate of drug-likeness (QED) is 0.295. The molecular weight excluding hydrogens is 472 g/mol. The molecule has 0 saturated carbocycles. The molecule has 192 valence electrons. The summed E-state index contributed by atoms with van der Waals surface area (Å²) in [7, 11) is 0. The molecule has 0 fully saturated rings. The summed E-state index contributed by atoms with van der Waals surface area (Å²) >= 11 is 0. The van der Waals surface area contributed by atoms with Crippen LogP contribution in [0.25, 0.3) is 0 Å². The van der Waals surface area contributed by atoms with Gasteiger partial charge in [-0.3, -0.25) is 4.79 Å². The lowest BCUT2D eigenvalue weighted by Gasteiger charge is -2.32. The van der Waals surface area contributed by atoms with Crippen molar-refractivity contribution in [3.05, 3.63) is 131 Å². The number of hydrogen-bond donors (Lipinski definition) is 3. The van der Waals surface area contributed by atoms with E-state index in [1.807, 2.05) is 60.7 Å². The van der Waals surface area contributed by atoms with Gasteiger partial charge in [-0.05, 0) is 53.3 Å². The highest BCUT2D eigenvalue weighted by Crippen LogP contribution is 2.29. The van der Waals surface area contributed by atoms with Crippen LogP contribution in [0.4, 0.5) is 16.2 Å². The molecule has 1 heterocycles. The summed E-state index contributed by atoms with van der Waals surface area (Å²) in [5.74, 6) is -0.150. The van der Waals surface area contributed by atoms with E-state index in [-0.39, 0.29) is 11.9 Å². The fourth-order valence-electron chi connectivity index (χ4n) is 4.79. The number of urea groups is 1. The van der Waals surface area contributed by atoms with Crippen molar-refractivity contribution >= 4 is 23.3 Å². The van der Waals surface area contributed by atoms with E-state index in [2.05, 4.69) is 57.2 Å². The van der Waals surface area contributed by atoms with E-state index in [0.717, 1.165) is 37.2 Å². The van der Waals surface area contributed by atoms with Crippen LogP contribution in [-0.4, -0.2) is 25.0 Å². The Morgan fingerprint density at radius 3 is 2.18 bits per heavy atom. The number of benzene rings is 4. The highest BCUT2D eigenvalue weighted by Gasteiger charge is 2.22. The molecule has 5 rings (SSSR count). The third-order valence-electron chi connectivity index (χ3n) is 6.81. The Bertz CT molecular complexity index is 1390. The Morgan fingerprint density at radius 1 is 0.737 bits per heavy atom. The van der Waals surface area contributed by atoms with E-state index < -0.39 is 0 Å². The third-order valence-corrected chi connectivity index (χ3v) is 6.81. The summed E-state index contributed by atoms with van der Waals surface area (Å²) in [5, 5.41) is 8.84. The van der Waals surface area contributed by atoms with E-state index in [0.29, 0.717) is 24.3 Å². The van der Waals surface area contributed by atoms with Crippen LogP contribution in [-0.2, 0) is 25.9 Å². The highest BCUT2D eigenvalue weighted by molar-refractivity contribution is 6.02. The largest absolute Gasteiger partial charge is 0.366 e. The fraction of sp³-hybridized carbons (Fsp3) is 0.188. The first kappa shape index (κ1) is 25.1. The molecule has 38 heavy (non-hydrogen) atoms. The van der Waals surface area contributed by atoms with Crippen molar-refractivity contribution < 1.29 is 9.59 Å². The van der Waals surface area contributed by atoms with Crippen molar-refractivity contribution in [1.29, 1.82) is 0 Å². The third kappa shape index (κ3) is 6.40. The summed E-state index contributed by atoms with van der Waals surface area (Å²) in [4.78, 5) is 28.3. The standard InChI is InChI=1S/C32H32N4O2/c37-31(33-19-17-24-9-3-1-4-10-24)29-21-28(35-32(38)34-22-25-11-5-2-6-12-25)15-16-30(29)36-20-18-26-13-7-8-14-27(26)23-36/h1-16,21H,17-20,22-23H2,(H,33,37)(H2,34,35,38). The molecule has 0 bridgehead atoms. The lowest BCUT2D eigenvalue weighted by molar-refractivity contribution is 0.0954. The number of hydrogen-bond acceptors (Lipinski definition) is 3. The Labute approximate surface area is 223 Å². The van der Waals surface area contributed by atoms with Crippen LogP contribution in [0.2, 0.25) is 0 Å². The predicted octanol–water partition coefficient (Wildman–Crippen LogP) is 5.54. The Hall–Kier alpha value is -4.58. The Kier molecular flexibility index (Phi) is 7.99. The summed E-state index contributed by atoms with van der Waals surface area (Å²) < 4.78 is 0. The zero-order valence-corrected chi connectivity index (χ0v) is 21.3. The lowest BCUT2D eigenvalue weighted by Crippen LogP contribution is -2.34. The lowest BCUT2D eigenvalue weighted by atomic mass is 9.98. The average molecular weight is 505 g/mol. The topological polar surface area (TPSA) is 73.5 Å². The molecular formula is C32H32N4O2. The van der Waals surface area contributed by atoms with Gasteiger partial charge in [-0.2, -0.15) is 0 Å². The summed E-state index contributed by atoms with van der Waals surface area (Å²) in [6.45, 7) is 2.52. The van der Waals surface area contributed by atoms with Gasteiger partial charge in [-0.25, -0.2) is 4.79 Å². The minimum absolute atomic E-state index is 0.150. The molecule has 1 aliphatic rings. The van der Waals surface area contributed by atoms with Crippen molar-refractivity contribution in [2.24, 2.45) is 0 Å². The van der Waals surface area contributed by atoms with E-state index in [4.69, 9.17) is 0 Å². The second kappa shape index (κ2) is 12.1. The highest BCUT2D eigenvalue weighted by atomic mass is 16.2. The molecule has 3 amide bonds. The first-order valence-corrected chi connectivity index (χ1v) is 13.0. The number of carbonyl (C=O) groups is 2. The zero-order chi connectivity index (χ0) is 26.2. The molecule has 4 aromatic rings. The van der Waals surface area contributed by atoms with Crippen molar-refractivity contribution in [1.82, 2.24) is 10.6 Å². The molecule has 0 aliphatic carbocycles. The molecule has 0 spiro atoms. The fourth-order valence-corrected chi connectivity index (χ4v) is 4.79. The molecule has 3 N–H and O–H groups in total. The number of anilines is 2. The number of fused-ring (bicyclic) bond motifs is 1. The molecule has 0 radical (unpaired) electrons. The molecule has 0 saturated heterocycles. The Balaban J connectivity index is 1.31. The summed E-state index contributed by atoms with van der Waals surface area (Å²) in [5.41, 5.74) is 6.81. The maximum absolute atomic E-state index is 13.4. The average Bonchev–Trinajstić information content (AvgIpc) is 2.97. The van der Waals surface area contributed by atoms with Crippen molar-refractivity contribution in [3.8, 4) is 0 Å². The number of rotatable bonds is 8. The summed E-state index contributed by atoms with van der Waals surface area (Å²) in [6, 6.07) is 33.6. The zero-order valence-electron chi connectivity index (χ0n) is 21.3. The van der Waals surface area contributed by atoms with Gasteiger partial charge in [0.05, 0.1) is 5.56 Å². The number of nitrogens with zero attached hydrogens (tertiary/aromatic N) is 1. The van der Waals surface area contributed by atoms with Gasteiger partial charge in [0.2, 0.25) is 0 Å². The number of nitrogens with one attached hydrogen (secondary N) is 3. The van der Waals surface area contributed by atoms with E-state index >= 15 is 0 Å². The first-order valence-electron chi connectivity index (χ1n) is 13.0. The minimum Gasteiger partial charge on any atom is -0.366 e.